The second kappa shape index (κ2) is 8.10. The first-order valence-corrected chi connectivity index (χ1v) is 6.55. The minimum atomic E-state index is 1.24. The van der Waals surface area contributed by atoms with Crippen LogP contribution in [0.5, 0.6) is 0 Å². The van der Waals surface area contributed by atoms with Crippen molar-refractivity contribution in [2.45, 2.75) is 20.8 Å². The summed E-state index contributed by atoms with van der Waals surface area (Å²) in [4.78, 5) is 0. The number of hydrogen-bond acceptors (Lipinski definition) is 0. The van der Waals surface area contributed by atoms with E-state index in [1.807, 2.05) is 37.3 Å². The molecule has 0 spiro atoms. The molecule has 19 heavy (non-hydrogen) atoms. The van der Waals surface area contributed by atoms with Crippen molar-refractivity contribution < 1.29 is 0 Å². The third kappa shape index (κ3) is 4.97. The maximum absolute atomic E-state index is 3.73. The average Bonchev–Trinajstić information content (AvgIpc) is 2.44. The van der Waals surface area contributed by atoms with Gasteiger partial charge in [0.15, 0.2) is 0 Å². The van der Waals surface area contributed by atoms with Crippen LogP contribution in [0.2, 0.25) is 0 Å². The summed E-state index contributed by atoms with van der Waals surface area (Å²) in [6.45, 7) is 9.98. The van der Waals surface area contributed by atoms with Gasteiger partial charge in [0.1, 0.15) is 0 Å². The second-order valence-corrected chi connectivity index (χ2v) is 4.40. The minimum absolute atomic E-state index is 1.24. The van der Waals surface area contributed by atoms with Crippen LogP contribution in [0, 0.1) is 13.8 Å². The van der Waals surface area contributed by atoms with Crippen LogP contribution in [0.15, 0.2) is 61.2 Å². The molecule has 0 saturated heterocycles. The fraction of sp³-hybridized carbons (Fsp3) is 0.158. The molecule has 0 N–H and O–H groups in total. The van der Waals surface area contributed by atoms with Crippen molar-refractivity contribution in [3.8, 4) is 0 Å². The molecule has 0 heterocycles. The lowest BCUT2D eigenvalue weighted by atomic mass is 10.0. The highest BCUT2D eigenvalue weighted by Gasteiger charge is 1.93. The predicted octanol–water partition coefficient (Wildman–Crippen LogP) is 5.67. The lowest BCUT2D eigenvalue weighted by Crippen LogP contribution is -1.83. The quantitative estimate of drug-likeness (QED) is 0.644. The molecule has 2 aromatic rings. The van der Waals surface area contributed by atoms with E-state index in [0.717, 1.165) is 0 Å². The largest absolute Gasteiger partial charge is 0.0985 e. The van der Waals surface area contributed by atoms with E-state index in [2.05, 4.69) is 56.8 Å². The van der Waals surface area contributed by atoms with Crippen molar-refractivity contribution in [3.63, 3.8) is 0 Å². The number of allylic oxidation sites excluding steroid dienone is 1. The number of hydrogen-bond donors (Lipinski definition) is 0. The van der Waals surface area contributed by atoms with Gasteiger partial charge >= 0.3 is 0 Å². The van der Waals surface area contributed by atoms with Gasteiger partial charge in [-0.1, -0.05) is 73.3 Å². The fourth-order valence-corrected chi connectivity index (χ4v) is 1.75. The van der Waals surface area contributed by atoms with Crippen molar-refractivity contribution >= 4 is 12.2 Å². The van der Waals surface area contributed by atoms with E-state index in [4.69, 9.17) is 0 Å². The zero-order chi connectivity index (χ0) is 14.1. The molecule has 0 saturated carbocycles. The van der Waals surface area contributed by atoms with E-state index in [-0.39, 0.29) is 0 Å². The molecule has 0 nitrogen and oxygen atoms in total. The molecule has 0 aliphatic carbocycles. The Morgan fingerprint density at radius 2 is 1.58 bits per heavy atom. The monoisotopic (exact) mass is 250 g/mol. The molecule has 0 bridgehead atoms. The SMILES string of the molecule is C=Cc1cccc(C)c1C.CC=Cc1ccccc1. The Hall–Kier alpha value is -2.08. The van der Waals surface area contributed by atoms with Gasteiger partial charge in [0.2, 0.25) is 0 Å². The average molecular weight is 250 g/mol. The summed E-state index contributed by atoms with van der Waals surface area (Å²) < 4.78 is 0. The smallest absolute Gasteiger partial charge is 0.0231 e. The van der Waals surface area contributed by atoms with Gasteiger partial charge in [-0.05, 0) is 43.0 Å². The Labute approximate surface area is 117 Å². The van der Waals surface area contributed by atoms with Gasteiger partial charge in [0.25, 0.3) is 0 Å². The van der Waals surface area contributed by atoms with Crippen LogP contribution < -0.4 is 0 Å². The van der Waals surface area contributed by atoms with E-state index >= 15 is 0 Å². The summed E-state index contributed by atoms with van der Waals surface area (Å²) in [5, 5.41) is 0. The molecule has 2 rings (SSSR count). The van der Waals surface area contributed by atoms with Crippen molar-refractivity contribution in [2.75, 3.05) is 0 Å². The van der Waals surface area contributed by atoms with Crippen LogP contribution >= 0.6 is 0 Å². The summed E-state index contributed by atoms with van der Waals surface area (Å²) in [5.74, 6) is 0. The lowest BCUT2D eigenvalue weighted by molar-refractivity contribution is 1.33. The molecule has 0 fully saturated rings. The molecule has 0 atom stereocenters. The number of rotatable bonds is 2. The van der Waals surface area contributed by atoms with Crippen LogP contribution in [0.25, 0.3) is 12.2 Å². The molecule has 0 aliphatic heterocycles. The zero-order valence-electron chi connectivity index (χ0n) is 12.1. The van der Waals surface area contributed by atoms with E-state index in [9.17, 15) is 0 Å². The first-order chi connectivity index (χ1) is 9.19. The number of benzene rings is 2. The Bertz CT molecular complexity index is 533. The van der Waals surface area contributed by atoms with E-state index in [0.29, 0.717) is 0 Å². The molecular formula is C19H22. The van der Waals surface area contributed by atoms with Gasteiger partial charge in [0, 0.05) is 0 Å². The third-order valence-corrected chi connectivity index (χ3v) is 3.03. The van der Waals surface area contributed by atoms with Gasteiger partial charge < -0.3 is 0 Å². The standard InChI is InChI=1S/C10H12.C9H10/c1-4-10-7-5-6-8(2)9(10)3;1-2-6-9-7-4-3-5-8-9/h4-7H,1H2,2-3H3;2-8H,1H3. The molecule has 0 unspecified atom stereocenters. The molecule has 0 heteroatoms. The summed E-state index contributed by atoms with van der Waals surface area (Å²) in [6, 6.07) is 16.5. The van der Waals surface area contributed by atoms with Crippen LogP contribution in [0.3, 0.4) is 0 Å². The van der Waals surface area contributed by atoms with Crippen molar-refractivity contribution in [1.29, 1.82) is 0 Å². The molecular weight excluding hydrogens is 228 g/mol. The fourth-order valence-electron chi connectivity index (χ4n) is 1.75. The minimum Gasteiger partial charge on any atom is -0.0985 e. The normalized spacial score (nSPS) is 9.84. The maximum atomic E-state index is 3.73. The number of aryl methyl sites for hydroxylation is 1. The molecule has 0 amide bonds. The van der Waals surface area contributed by atoms with Crippen molar-refractivity contribution in [1.82, 2.24) is 0 Å². The first kappa shape index (κ1) is 15.0. The summed E-state index contributed by atoms with van der Waals surface area (Å²) in [6.07, 6.45) is 6.01. The highest BCUT2D eigenvalue weighted by molar-refractivity contribution is 5.53. The predicted molar refractivity (Wildman–Crippen MR) is 87.2 cm³/mol. The molecule has 0 radical (unpaired) electrons. The summed E-state index contributed by atoms with van der Waals surface area (Å²) in [7, 11) is 0. The molecule has 0 aliphatic rings. The van der Waals surface area contributed by atoms with Crippen molar-refractivity contribution in [3.05, 3.63) is 83.4 Å². The second-order valence-electron chi connectivity index (χ2n) is 4.40. The molecule has 98 valence electrons. The van der Waals surface area contributed by atoms with Crippen LogP contribution in [-0.2, 0) is 0 Å². The van der Waals surface area contributed by atoms with Crippen LogP contribution in [-0.4, -0.2) is 0 Å². The Balaban J connectivity index is 0.000000191. The molecule has 0 aromatic heterocycles. The van der Waals surface area contributed by atoms with E-state index in [1.54, 1.807) is 0 Å². The van der Waals surface area contributed by atoms with Gasteiger partial charge in [0.05, 0.1) is 0 Å². The van der Waals surface area contributed by atoms with Gasteiger partial charge in [-0.25, -0.2) is 0 Å². The lowest BCUT2D eigenvalue weighted by Gasteiger charge is -2.01. The third-order valence-electron chi connectivity index (χ3n) is 3.03. The highest BCUT2D eigenvalue weighted by atomic mass is 14.0. The van der Waals surface area contributed by atoms with Crippen LogP contribution in [0.4, 0.5) is 0 Å². The summed E-state index contributed by atoms with van der Waals surface area (Å²) in [5.41, 5.74) is 5.16. The topological polar surface area (TPSA) is 0 Å². The Morgan fingerprint density at radius 1 is 0.895 bits per heavy atom. The molecule has 2 aromatic carbocycles. The van der Waals surface area contributed by atoms with E-state index in [1.165, 1.54) is 22.3 Å². The Kier molecular flexibility index (Phi) is 6.38. The van der Waals surface area contributed by atoms with Crippen molar-refractivity contribution in [2.24, 2.45) is 0 Å². The zero-order valence-corrected chi connectivity index (χ0v) is 12.1. The maximum Gasteiger partial charge on any atom is -0.0231 e. The van der Waals surface area contributed by atoms with Crippen LogP contribution in [0.1, 0.15) is 29.2 Å². The van der Waals surface area contributed by atoms with Gasteiger partial charge in [-0.3, -0.25) is 0 Å². The Morgan fingerprint density at radius 3 is 2.11 bits per heavy atom. The van der Waals surface area contributed by atoms with Gasteiger partial charge in [-0.2, -0.15) is 0 Å². The summed E-state index contributed by atoms with van der Waals surface area (Å²) >= 11 is 0. The first-order valence-electron chi connectivity index (χ1n) is 6.55. The van der Waals surface area contributed by atoms with Gasteiger partial charge in [-0.15, -0.1) is 0 Å². The van der Waals surface area contributed by atoms with E-state index < -0.39 is 0 Å². The highest BCUT2D eigenvalue weighted by Crippen LogP contribution is 2.12.